The Labute approximate surface area is 260 Å². The van der Waals surface area contributed by atoms with Gasteiger partial charge in [-0.3, -0.25) is 23.6 Å². The summed E-state index contributed by atoms with van der Waals surface area (Å²) in [7, 11) is 1.96. The molecular weight excluding hydrogens is 575 g/mol. The average molecular weight is 611 g/mol. The highest BCUT2D eigenvalue weighted by Crippen LogP contribution is 2.28. The summed E-state index contributed by atoms with van der Waals surface area (Å²) in [5, 5.41) is 7.36. The predicted molar refractivity (Wildman–Crippen MR) is 175 cm³/mol. The number of anilines is 2. The molecule has 0 radical (unpaired) electrons. The van der Waals surface area contributed by atoms with Crippen LogP contribution in [0.3, 0.4) is 0 Å². The molecule has 0 bridgehead atoms. The zero-order valence-electron chi connectivity index (χ0n) is 24.8. The van der Waals surface area contributed by atoms with E-state index in [1.54, 1.807) is 59.5 Å². The Bertz CT molecular complexity index is 1790. The molecular formula is C33H35FN8OS. The highest BCUT2D eigenvalue weighted by molar-refractivity contribution is 7.96. The van der Waals surface area contributed by atoms with Gasteiger partial charge in [-0.2, -0.15) is 4.98 Å². The number of pyridine rings is 1. The van der Waals surface area contributed by atoms with Crippen LogP contribution in [0.5, 0.6) is 0 Å². The number of hydrogen-bond donors (Lipinski definition) is 2. The van der Waals surface area contributed by atoms with Crippen molar-refractivity contribution in [3.63, 3.8) is 0 Å². The first-order chi connectivity index (χ1) is 21.5. The molecule has 2 N–H and O–H groups in total. The maximum absolute atomic E-state index is 15.5. The van der Waals surface area contributed by atoms with E-state index in [9.17, 15) is 4.79 Å². The lowest BCUT2D eigenvalue weighted by atomic mass is 9.91. The number of rotatable bonds is 10. The van der Waals surface area contributed by atoms with Crippen LogP contribution in [-0.2, 0) is 13.0 Å². The molecule has 1 saturated heterocycles. The van der Waals surface area contributed by atoms with Gasteiger partial charge in [-0.1, -0.05) is 36.2 Å². The fourth-order valence-electron chi connectivity index (χ4n) is 5.57. The third-order valence-electron chi connectivity index (χ3n) is 8.09. The number of nitrogens with one attached hydrogen (secondary N) is 2. The molecule has 6 rings (SSSR count). The van der Waals surface area contributed by atoms with Crippen LogP contribution in [0.2, 0.25) is 0 Å². The van der Waals surface area contributed by atoms with Crippen LogP contribution in [-0.4, -0.2) is 61.7 Å². The largest absolute Gasteiger partial charge is 0.324 e. The number of halogens is 1. The zero-order chi connectivity index (χ0) is 30.5. The molecule has 0 aliphatic carbocycles. The van der Waals surface area contributed by atoms with E-state index in [1.807, 2.05) is 29.7 Å². The van der Waals surface area contributed by atoms with Crippen molar-refractivity contribution in [2.75, 3.05) is 38.3 Å². The minimum atomic E-state index is -0.514. The molecule has 5 aromatic rings. The third kappa shape index (κ3) is 6.80. The number of piperidine rings is 1. The van der Waals surface area contributed by atoms with Crippen LogP contribution in [0, 0.1) is 11.7 Å². The van der Waals surface area contributed by atoms with Crippen molar-refractivity contribution >= 4 is 34.6 Å². The molecule has 2 aromatic carbocycles. The summed E-state index contributed by atoms with van der Waals surface area (Å²) in [6.45, 7) is 3.16. The van der Waals surface area contributed by atoms with Crippen LogP contribution in [0.1, 0.15) is 18.4 Å². The molecule has 11 heteroatoms. The molecule has 1 aliphatic heterocycles. The lowest BCUT2D eigenvalue weighted by molar-refractivity contribution is 0.372. The van der Waals surface area contributed by atoms with Crippen molar-refractivity contribution in [1.29, 1.82) is 0 Å². The molecule has 3 aromatic heterocycles. The van der Waals surface area contributed by atoms with Crippen molar-refractivity contribution in [3.8, 4) is 22.4 Å². The first-order valence-corrected chi connectivity index (χ1v) is 16.0. The number of nitrogens with zero attached hydrogens (tertiary/aromatic N) is 6. The van der Waals surface area contributed by atoms with Crippen molar-refractivity contribution in [3.05, 3.63) is 95.1 Å². The van der Waals surface area contributed by atoms with Gasteiger partial charge in [0.1, 0.15) is 11.5 Å². The van der Waals surface area contributed by atoms with Gasteiger partial charge < -0.3 is 10.6 Å². The second-order valence-electron chi connectivity index (χ2n) is 11.0. The van der Waals surface area contributed by atoms with Crippen molar-refractivity contribution in [2.24, 2.45) is 5.92 Å². The molecule has 1 fully saturated rings. The van der Waals surface area contributed by atoms with Gasteiger partial charge in [0.25, 0.3) is 5.56 Å². The Kier molecular flexibility index (Phi) is 9.25. The van der Waals surface area contributed by atoms with Gasteiger partial charge in [0, 0.05) is 53.9 Å². The number of aromatic nitrogens is 5. The second-order valence-corrected chi connectivity index (χ2v) is 12.0. The highest BCUT2D eigenvalue weighted by Gasteiger charge is 2.18. The lowest BCUT2D eigenvalue weighted by Crippen LogP contribution is -2.28. The van der Waals surface area contributed by atoms with Crippen LogP contribution >= 0.6 is 11.9 Å². The first kappa shape index (κ1) is 29.9. The summed E-state index contributed by atoms with van der Waals surface area (Å²) < 4.78 is 19.2. The Morgan fingerprint density at radius 2 is 1.86 bits per heavy atom. The Morgan fingerprint density at radius 1 is 1.05 bits per heavy atom. The molecule has 9 nitrogen and oxygen atoms in total. The van der Waals surface area contributed by atoms with E-state index >= 15 is 4.39 Å². The fourth-order valence-corrected chi connectivity index (χ4v) is 5.83. The molecule has 1 aliphatic rings. The SMILES string of the molecule is CSN(C)CCn1c(=O)c(-c2ccc(-c3cnccn3)cc2F)cc2cnc(Nc3ccc(CC4CCNCC4)cc3)nc21. The summed E-state index contributed by atoms with van der Waals surface area (Å²) in [6, 6.07) is 14.8. The smallest absolute Gasteiger partial charge is 0.260 e. The van der Waals surface area contributed by atoms with E-state index in [-0.39, 0.29) is 16.7 Å². The lowest BCUT2D eigenvalue weighted by Gasteiger charge is -2.22. The van der Waals surface area contributed by atoms with Gasteiger partial charge in [-0.15, -0.1) is 0 Å². The Hall–Kier alpha value is -4.19. The summed E-state index contributed by atoms with van der Waals surface area (Å²) in [4.78, 5) is 31.6. The summed E-state index contributed by atoms with van der Waals surface area (Å²) in [5.74, 6) is 0.595. The molecule has 226 valence electrons. The Morgan fingerprint density at radius 3 is 2.59 bits per heavy atom. The van der Waals surface area contributed by atoms with Crippen molar-refractivity contribution in [2.45, 2.75) is 25.8 Å². The zero-order valence-corrected chi connectivity index (χ0v) is 25.6. The van der Waals surface area contributed by atoms with E-state index in [4.69, 9.17) is 4.98 Å². The van der Waals surface area contributed by atoms with E-state index in [0.717, 1.165) is 31.1 Å². The maximum Gasteiger partial charge on any atom is 0.260 e. The topological polar surface area (TPSA) is 101 Å². The normalized spacial score (nSPS) is 13.9. The predicted octanol–water partition coefficient (Wildman–Crippen LogP) is 5.55. The summed E-state index contributed by atoms with van der Waals surface area (Å²) in [6.07, 6.45) is 11.9. The van der Waals surface area contributed by atoms with E-state index < -0.39 is 5.82 Å². The average Bonchev–Trinajstić information content (AvgIpc) is 3.06. The van der Waals surface area contributed by atoms with Crippen LogP contribution in [0.4, 0.5) is 16.0 Å². The first-order valence-electron chi connectivity index (χ1n) is 14.8. The van der Waals surface area contributed by atoms with E-state index in [0.29, 0.717) is 41.3 Å². The minimum Gasteiger partial charge on any atom is -0.324 e. The standard InChI is InChI=1S/C33H35FN8OS/c1-41(44-2)15-16-42-31-25(18-28(32(42)43)27-8-5-24(19-29(27)34)30-21-36-13-14-37-30)20-38-33(40-31)39-26-6-3-22(4-7-26)17-23-9-11-35-12-10-23/h3-8,13-14,18-21,23,35H,9-12,15-17H2,1-2H3,(H,38,39,40). The number of likely N-dealkylation sites (N-methyl/N-ethyl adjacent to an activating group) is 1. The highest BCUT2D eigenvalue weighted by atomic mass is 32.2. The van der Waals surface area contributed by atoms with Gasteiger partial charge in [-0.05, 0) is 81.4 Å². The van der Waals surface area contributed by atoms with Crippen LogP contribution in [0.25, 0.3) is 33.4 Å². The van der Waals surface area contributed by atoms with Gasteiger partial charge in [0.15, 0.2) is 0 Å². The molecule has 0 saturated carbocycles. The van der Waals surface area contributed by atoms with Crippen molar-refractivity contribution in [1.82, 2.24) is 34.1 Å². The second kappa shape index (κ2) is 13.6. The Balaban J connectivity index is 1.31. The van der Waals surface area contributed by atoms with Crippen LogP contribution < -0.4 is 16.2 Å². The van der Waals surface area contributed by atoms with Gasteiger partial charge in [0.2, 0.25) is 5.95 Å². The maximum atomic E-state index is 15.5. The number of fused-ring (bicyclic) bond motifs is 1. The number of hydrogen-bond acceptors (Lipinski definition) is 9. The van der Waals surface area contributed by atoms with Gasteiger partial charge in [0.05, 0.1) is 17.5 Å². The molecule has 0 atom stereocenters. The fraction of sp³-hybridized carbons (Fsp3) is 0.303. The molecule has 0 amide bonds. The van der Waals surface area contributed by atoms with Crippen LogP contribution in [0.15, 0.2) is 78.1 Å². The molecule has 4 heterocycles. The molecule has 0 unspecified atom stereocenters. The molecule has 44 heavy (non-hydrogen) atoms. The monoisotopic (exact) mass is 610 g/mol. The third-order valence-corrected chi connectivity index (χ3v) is 8.89. The van der Waals surface area contributed by atoms with E-state index in [2.05, 4.69) is 37.7 Å². The van der Waals surface area contributed by atoms with E-state index in [1.165, 1.54) is 24.5 Å². The summed E-state index contributed by atoms with van der Waals surface area (Å²) >= 11 is 1.57. The number of benzene rings is 2. The van der Waals surface area contributed by atoms with Crippen molar-refractivity contribution < 1.29 is 4.39 Å². The van der Waals surface area contributed by atoms with Gasteiger partial charge >= 0.3 is 0 Å². The minimum absolute atomic E-state index is 0.211. The quantitative estimate of drug-likeness (QED) is 0.197. The summed E-state index contributed by atoms with van der Waals surface area (Å²) in [5.41, 5.74) is 3.97. The molecule has 0 spiro atoms. The van der Waals surface area contributed by atoms with Gasteiger partial charge in [-0.25, -0.2) is 9.37 Å².